The zero-order chi connectivity index (χ0) is 24.5. The van der Waals surface area contributed by atoms with Gasteiger partial charge in [0.2, 0.25) is 0 Å². The molecule has 0 N–H and O–H groups in total. The first-order chi connectivity index (χ1) is 17.2. The highest BCUT2D eigenvalue weighted by atomic mass is 14.9. The number of rotatable bonds is 10. The SMILES string of the molecule is CCCCCC1(C#N)CCC(c2ccc(-c3ncc(C4CCC(CCCC)CC4)cn3)cc2)CC1. The van der Waals surface area contributed by atoms with Crippen LogP contribution in [0.15, 0.2) is 36.7 Å². The fourth-order valence-electron chi connectivity index (χ4n) is 6.51. The summed E-state index contributed by atoms with van der Waals surface area (Å²) < 4.78 is 0. The van der Waals surface area contributed by atoms with E-state index < -0.39 is 0 Å². The summed E-state index contributed by atoms with van der Waals surface area (Å²) in [7, 11) is 0. The van der Waals surface area contributed by atoms with Crippen LogP contribution in [0.2, 0.25) is 0 Å². The second kappa shape index (κ2) is 12.7. The molecule has 0 aliphatic heterocycles. The average Bonchev–Trinajstić information content (AvgIpc) is 2.93. The predicted molar refractivity (Wildman–Crippen MR) is 145 cm³/mol. The third-order valence-electron chi connectivity index (χ3n) is 9.03. The Bertz CT molecular complexity index is 924. The lowest BCUT2D eigenvalue weighted by Crippen LogP contribution is -2.25. The highest BCUT2D eigenvalue weighted by molar-refractivity contribution is 5.55. The molecular weight excluding hydrogens is 426 g/mol. The van der Waals surface area contributed by atoms with E-state index in [4.69, 9.17) is 9.97 Å². The molecule has 2 fully saturated rings. The fourth-order valence-corrected chi connectivity index (χ4v) is 6.51. The number of benzene rings is 1. The van der Waals surface area contributed by atoms with Crippen molar-refractivity contribution in [3.63, 3.8) is 0 Å². The summed E-state index contributed by atoms with van der Waals surface area (Å²) in [5.41, 5.74) is 3.76. The van der Waals surface area contributed by atoms with Gasteiger partial charge in [-0.2, -0.15) is 5.26 Å². The summed E-state index contributed by atoms with van der Waals surface area (Å²) in [6, 6.07) is 11.6. The van der Waals surface area contributed by atoms with Crippen LogP contribution in [-0.2, 0) is 0 Å². The zero-order valence-corrected chi connectivity index (χ0v) is 22.1. The van der Waals surface area contributed by atoms with Crippen molar-refractivity contribution in [2.45, 2.75) is 122 Å². The topological polar surface area (TPSA) is 49.6 Å². The molecule has 4 rings (SSSR count). The standard InChI is InChI=1S/C32H45N3/c1-3-5-7-19-32(24-33)20-17-28(18-21-32)26-13-15-29(16-14-26)31-34-22-30(23-35-31)27-11-9-25(10-12-27)8-6-4-2/h13-16,22-23,25,27-28H,3-12,17-21H2,1-2H3. The molecule has 2 aliphatic carbocycles. The van der Waals surface area contributed by atoms with Gasteiger partial charge in [-0.15, -0.1) is 0 Å². The zero-order valence-electron chi connectivity index (χ0n) is 22.1. The minimum atomic E-state index is -0.0735. The predicted octanol–water partition coefficient (Wildman–Crippen LogP) is 9.36. The monoisotopic (exact) mass is 471 g/mol. The van der Waals surface area contributed by atoms with Gasteiger partial charge in [-0.25, -0.2) is 9.97 Å². The first kappa shape index (κ1) is 25.9. The van der Waals surface area contributed by atoms with Crippen LogP contribution in [0.5, 0.6) is 0 Å². The van der Waals surface area contributed by atoms with Crippen LogP contribution in [-0.4, -0.2) is 9.97 Å². The average molecular weight is 472 g/mol. The van der Waals surface area contributed by atoms with E-state index in [0.717, 1.165) is 49.4 Å². The molecule has 3 nitrogen and oxygen atoms in total. The van der Waals surface area contributed by atoms with Gasteiger partial charge in [0.05, 0.1) is 11.5 Å². The Kier molecular flexibility index (Phi) is 9.36. The minimum Gasteiger partial charge on any atom is -0.236 e. The quantitative estimate of drug-likeness (QED) is 0.324. The molecule has 3 heteroatoms. The molecule has 0 atom stereocenters. The van der Waals surface area contributed by atoms with Crippen LogP contribution < -0.4 is 0 Å². The molecule has 188 valence electrons. The van der Waals surface area contributed by atoms with E-state index in [1.54, 1.807) is 0 Å². The Morgan fingerprint density at radius 1 is 0.800 bits per heavy atom. The number of hydrogen-bond acceptors (Lipinski definition) is 3. The van der Waals surface area contributed by atoms with Crippen LogP contribution in [0.4, 0.5) is 0 Å². The number of hydrogen-bond donors (Lipinski definition) is 0. The summed E-state index contributed by atoms with van der Waals surface area (Å²) in [6.45, 7) is 4.53. The maximum atomic E-state index is 9.84. The molecule has 0 unspecified atom stereocenters. The van der Waals surface area contributed by atoms with Gasteiger partial charge in [0.25, 0.3) is 0 Å². The summed E-state index contributed by atoms with van der Waals surface area (Å²) in [5.74, 6) is 2.98. The van der Waals surface area contributed by atoms with Crippen LogP contribution in [0.25, 0.3) is 11.4 Å². The normalized spacial score (nSPS) is 26.8. The van der Waals surface area contributed by atoms with Gasteiger partial charge in [0.15, 0.2) is 5.82 Å². The number of nitriles is 1. The molecule has 0 bridgehead atoms. The summed E-state index contributed by atoms with van der Waals surface area (Å²) >= 11 is 0. The third-order valence-corrected chi connectivity index (χ3v) is 9.03. The van der Waals surface area contributed by atoms with Gasteiger partial charge in [0.1, 0.15) is 0 Å². The lowest BCUT2D eigenvalue weighted by Gasteiger charge is -2.35. The number of nitrogens with zero attached hydrogens (tertiary/aromatic N) is 3. The molecule has 0 amide bonds. The van der Waals surface area contributed by atoms with Gasteiger partial charge in [-0.1, -0.05) is 76.6 Å². The van der Waals surface area contributed by atoms with Crippen LogP contribution in [0.3, 0.4) is 0 Å². The van der Waals surface area contributed by atoms with E-state index in [0.29, 0.717) is 11.8 Å². The smallest absolute Gasteiger partial charge is 0.159 e. The Morgan fingerprint density at radius 3 is 2.03 bits per heavy atom. The molecule has 1 aromatic heterocycles. The van der Waals surface area contributed by atoms with E-state index in [9.17, 15) is 5.26 Å². The number of aromatic nitrogens is 2. The van der Waals surface area contributed by atoms with Gasteiger partial charge in [-0.05, 0) is 86.7 Å². The third kappa shape index (κ3) is 6.72. The highest BCUT2D eigenvalue weighted by Crippen LogP contribution is 2.46. The maximum absolute atomic E-state index is 9.84. The maximum Gasteiger partial charge on any atom is 0.159 e. The van der Waals surface area contributed by atoms with Gasteiger partial charge in [-0.3, -0.25) is 0 Å². The van der Waals surface area contributed by atoms with Crippen LogP contribution >= 0.6 is 0 Å². The van der Waals surface area contributed by atoms with Crippen molar-refractivity contribution in [1.29, 1.82) is 5.26 Å². The Hall–Kier alpha value is -2.21. The lowest BCUT2D eigenvalue weighted by atomic mass is 9.67. The molecule has 0 saturated heterocycles. The molecule has 1 aromatic carbocycles. The molecule has 0 spiro atoms. The van der Waals surface area contributed by atoms with Crippen molar-refractivity contribution in [3.05, 3.63) is 47.8 Å². The molecule has 35 heavy (non-hydrogen) atoms. The van der Waals surface area contributed by atoms with Crippen molar-refractivity contribution in [2.24, 2.45) is 11.3 Å². The first-order valence-corrected chi connectivity index (χ1v) is 14.5. The van der Waals surface area contributed by atoms with Gasteiger partial charge < -0.3 is 0 Å². The molecule has 2 aromatic rings. The second-order valence-corrected chi connectivity index (χ2v) is 11.4. The highest BCUT2D eigenvalue weighted by Gasteiger charge is 2.35. The molecular formula is C32H45N3. The number of unbranched alkanes of at least 4 members (excludes halogenated alkanes) is 3. The van der Waals surface area contributed by atoms with E-state index >= 15 is 0 Å². The Labute approximate surface area is 213 Å². The molecule has 2 aliphatic rings. The van der Waals surface area contributed by atoms with Crippen molar-refractivity contribution < 1.29 is 0 Å². The summed E-state index contributed by atoms with van der Waals surface area (Å²) in [6.07, 6.45) is 22.7. The minimum absolute atomic E-state index is 0.0735. The van der Waals surface area contributed by atoms with Gasteiger partial charge in [0, 0.05) is 18.0 Å². The molecule has 2 saturated carbocycles. The summed E-state index contributed by atoms with van der Waals surface area (Å²) in [4.78, 5) is 9.51. The van der Waals surface area contributed by atoms with Crippen molar-refractivity contribution in [3.8, 4) is 17.5 Å². The van der Waals surface area contributed by atoms with E-state index in [2.05, 4.69) is 56.6 Å². The fraction of sp³-hybridized carbons (Fsp3) is 0.656. The Morgan fingerprint density at radius 2 is 1.43 bits per heavy atom. The Balaban J connectivity index is 1.30. The van der Waals surface area contributed by atoms with Crippen molar-refractivity contribution in [2.75, 3.05) is 0 Å². The van der Waals surface area contributed by atoms with E-state index in [-0.39, 0.29) is 5.41 Å². The van der Waals surface area contributed by atoms with Gasteiger partial charge >= 0.3 is 0 Å². The van der Waals surface area contributed by atoms with E-state index in [1.165, 1.54) is 75.3 Å². The van der Waals surface area contributed by atoms with Crippen LogP contribution in [0.1, 0.15) is 133 Å². The largest absolute Gasteiger partial charge is 0.236 e. The lowest BCUT2D eigenvalue weighted by molar-refractivity contribution is 0.223. The second-order valence-electron chi connectivity index (χ2n) is 11.4. The molecule has 1 heterocycles. The van der Waals surface area contributed by atoms with Crippen molar-refractivity contribution >= 4 is 0 Å². The summed E-state index contributed by atoms with van der Waals surface area (Å²) in [5, 5.41) is 9.84. The van der Waals surface area contributed by atoms with Crippen molar-refractivity contribution in [1.82, 2.24) is 9.97 Å². The first-order valence-electron chi connectivity index (χ1n) is 14.5. The van der Waals surface area contributed by atoms with Crippen LogP contribution in [0, 0.1) is 22.7 Å². The van der Waals surface area contributed by atoms with E-state index in [1.807, 2.05) is 0 Å². The molecule has 0 radical (unpaired) electrons.